The monoisotopic (exact) mass is 310 g/mol. The van der Waals surface area contributed by atoms with Crippen LogP contribution in [0, 0.1) is 0 Å². The van der Waals surface area contributed by atoms with Crippen molar-refractivity contribution in [1.82, 2.24) is 14.9 Å². The highest BCUT2D eigenvalue weighted by Gasteiger charge is 2.20. The molecule has 0 fully saturated rings. The van der Waals surface area contributed by atoms with Gasteiger partial charge in [-0.1, -0.05) is 6.08 Å². The summed E-state index contributed by atoms with van der Waals surface area (Å²) in [4.78, 5) is 8.89. The Morgan fingerprint density at radius 1 is 1.35 bits per heavy atom. The minimum Gasteiger partial charge on any atom is -0.491 e. The number of rotatable bonds is 3. The van der Waals surface area contributed by atoms with Gasteiger partial charge in [-0.15, -0.1) is 0 Å². The van der Waals surface area contributed by atoms with Crippen molar-refractivity contribution in [3.8, 4) is 0 Å². The molecule has 2 aromatic heterocycles. The summed E-state index contributed by atoms with van der Waals surface area (Å²) in [6, 6.07) is 3.92. The number of halogens is 1. The molecule has 1 aliphatic heterocycles. The molecule has 116 valence electrons. The zero-order valence-electron chi connectivity index (χ0n) is 12.3. The van der Waals surface area contributed by atoms with Gasteiger partial charge >= 0.3 is 0 Å². The fourth-order valence-electron chi connectivity index (χ4n) is 2.69. The first kappa shape index (κ1) is 13.8. The van der Waals surface area contributed by atoms with Gasteiger partial charge in [-0.05, 0) is 24.3 Å². The summed E-state index contributed by atoms with van der Waals surface area (Å²) in [6.07, 6.45) is 13.1. The van der Waals surface area contributed by atoms with E-state index in [1.165, 1.54) is 0 Å². The third-order valence-electron chi connectivity index (χ3n) is 3.79. The van der Waals surface area contributed by atoms with Crippen LogP contribution in [0.4, 0.5) is 4.39 Å². The second kappa shape index (κ2) is 5.72. The van der Waals surface area contributed by atoms with Crippen LogP contribution in [0.1, 0.15) is 0 Å². The van der Waals surface area contributed by atoms with Crippen molar-refractivity contribution < 1.29 is 9.13 Å². The normalized spacial score (nSPS) is 19.5. The number of aliphatic imine (C=N–C) groups is 1. The number of hydrogen-bond donors (Lipinski definition) is 1. The Morgan fingerprint density at radius 2 is 2.30 bits per heavy atom. The van der Waals surface area contributed by atoms with Crippen LogP contribution < -0.4 is 5.32 Å². The van der Waals surface area contributed by atoms with Crippen molar-refractivity contribution in [3.05, 3.63) is 66.5 Å². The van der Waals surface area contributed by atoms with Crippen molar-refractivity contribution in [1.29, 1.82) is 0 Å². The molecule has 0 radical (unpaired) electrons. The molecule has 0 saturated carbocycles. The molecule has 1 atom stereocenters. The van der Waals surface area contributed by atoms with E-state index in [1.807, 2.05) is 53.5 Å². The van der Waals surface area contributed by atoms with Crippen LogP contribution in [0.3, 0.4) is 0 Å². The summed E-state index contributed by atoms with van der Waals surface area (Å²) >= 11 is 0. The molecule has 0 aromatic carbocycles. The van der Waals surface area contributed by atoms with Crippen LogP contribution in [0.15, 0.2) is 71.5 Å². The smallest absolute Gasteiger partial charge is 0.207 e. The molecule has 0 saturated heterocycles. The summed E-state index contributed by atoms with van der Waals surface area (Å²) in [5.74, 6) is 1.40. The second-order valence-corrected chi connectivity index (χ2v) is 5.25. The number of fused-ring (bicyclic) bond motifs is 2. The minimum atomic E-state index is -0.497. The van der Waals surface area contributed by atoms with Crippen LogP contribution >= 0.6 is 0 Å². The predicted octanol–water partition coefficient (Wildman–Crippen LogP) is 2.54. The number of nitrogens with one attached hydrogen (secondary N) is 1. The Labute approximate surface area is 132 Å². The van der Waals surface area contributed by atoms with Crippen molar-refractivity contribution in [2.45, 2.75) is 6.04 Å². The Kier molecular flexibility index (Phi) is 3.42. The summed E-state index contributed by atoms with van der Waals surface area (Å²) in [7, 11) is 0. The van der Waals surface area contributed by atoms with E-state index in [2.05, 4.69) is 10.3 Å². The molecule has 6 heteroatoms. The standard InChI is InChI=1S/C17H15FN4O/c18-5-8-23-14-1-2-15-13(9-14)10-20-17(21-15)22-7-4-12-3-6-19-11-16(12)22/h1-4,6-7,9-11,15H,5,8H2,(H,20,21). The quantitative estimate of drug-likeness (QED) is 0.948. The molecule has 2 aliphatic rings. The average Bonchev–Trinajstić information content (AvgIpc) is 3.03. The van der Waals surface area contributed by atoms with Gasteiger partial charge in [-0.25, -0.2) is 9.38 Å². The second-order valence-electron chi connectivity index (χ2n) is 5.25. The predicted molar refractivity (Wildman–Crippen MR) is 86.7 cm³/mol. The molecule has 1 aliphatic carbocycles. The highest BCUT2D eigenvalue weighted by Crippen LogP contribution is 2.23. The number of aromatic nitrogens is 2. The first-order chi connectivity index (χ1) is 11.3. The maximum Gasteiger partial charge on any atom is 0.207 e. The molecular weight excluding hydrogens is 295 g/mol. The lowest BCUT2D eigenvalue weighted by Crippen LogP contribution is -2.32. The number of nitrogens with zero attached hydrogens (tertiary/aromatic N) is 3. The Morgan fingerprint density at radius 3 is 3.22 bits per heavy atom. The Balaban J connectivity index is 1.61. The van der Waals surface area contributed by atoms with E-state index in [9.17, 15) is 4.39 Å². The third kappa shape index (κ3) is 2.52. The lowest BCUT2D eigenvalue weighted by atomic mass is 10.0. The maximum atomic E-state index is 12.2. The number of ether oxygens (including phenoxy) is 1. The molecule has 23 heavy (non-hydrogen) atoms. The topological polar surface area (TPSA) is 51.4 Å². The average molecular weight is 310 g/mol. The van der Waals surface area contributed by atoms with E-state index >= 15 is 0 Å². The number of pyridine rings is 1. The summed E-state index contributed by atoms with van der Waals surface area (Å²) in [5.41, 5.74) is 1.98. The molecule has 5 nitrogen and oxygen atoms in total. The first-order valence-corrected chi connectivity index (χ1v) is 7.40. The minimum absolute atomic E-state index is 0.0679. The summed E-state index contributed by atoms with van der Waals surface area (Å²) in [6.45, 7) is -0.429. The fraction of sp³-hybridized carbons (Fsp3) is 0.176. The van der Waals surface area contributed by atoms with Crippen LogP contribution in [0.2, 0.25) is 0 Å². The first-order valence-electron chi connectivity index (χ1n) is 7.40. The van der Waals surface area contributed by atoms with E-state index in [1.54, 1.807) is 6.20 Å². The Bertz CT molecular complexity index is 862. The van der Waals surface area contributed by atoms with Crippen molar-refractivity contribution in [2.24, 2.45) is 4.99 Å². The van der Waals surface area contributed by atoms with Gasteiger partial charge in [0.05, 0.1) is 17.8 Å². The fourth-order valence-corrected chi connectivity index (χ4v) is 2.69. The molecule has 2 aromatic rings. The van der Waals surface area contributed by atoms with Gasteiger partial charge in [0.2, 0.25) is 5.96 Å². The number of alkyl halides is 1. The van der Waals surface area contributed by atoms with Crippen LogP contribution in [-0.4, -0.2) is 34.8 Å². The molecule has 0 spiro atoms. The van der Waals surface area contributed by atoms with Gasteiger partial charge in [0.1, 0.15) is 19.0 Å². The molecule has 3 heterocycles. The maximum absolute atomic E-state index is 12.2. The third-order valence-corrected chi connectivity index (χ3v) is 3.79. The highest BCUT2D eigenvalue weighted by atomic mass is 19.1. The molecule has 1 N–H and O–H groups in total. The zero-order chi connectivity index (χ0) is 15.6. The molecule has 4 rings (SSSR count). The van der Waals surface area contributed by atoms with Gasteiger partial charge in [0, 0.05) is 29.6 Å². The van der Waals surface area contributed by atoms with Gasteiger partial charge in [0.25, 0.3) is 0 Å². The van der Waals surface area contributed by atoms with Gasteiger partial charge < -0.3 is 10.1 Å². The van der Waals surface area contributed by atoms with Crippen molar-refractivity contribution in [2.75, 3.05) is 13.3 Å². The van der Waals surface area contributed by atoms with E-state index in [0.717, 1.165) is 22.4 Å². The lowest BCUT2D eigenvalue weighted by Gasteiger charge is -2.23. The number of hydrogen-bond acceptors (Lipinski definition) is 4. The molecular formula is C17H15FN4O. The van der Waals surface area contributed by atoms with Gasteiger partial charge in [-0.2, -0.15) is 0 Å². The highest BCUT2D eigenvalue weighted by molar-refractivity contribution is 5.95. The SMILES string of the molecule is FCCOC1=CC2=CNC(n3ccc4ccncc43)=NC2C=C1. The van der Waals surface area contributed by atoms with E-state index < -0.39 is 6.67 Å². The van der Waals surface area contributed by atoms with E-state index in [0.29, 0.717) is 5.76 Å². The van der Waals surface area contributed by atoms with Gasteiger partial charge in [-0.3, -0.25) is 9.55 Å². The van der Waals surface area contributed by atoms with Crippen LogP contribution in [0.5, 0.6) is 0 Å². The molecule has 0 bridgehead atoms. The zero-order valence-corrected chi connectivity index (χ0v) is 12.3. The van der Waals surface area contributed by atoms with Gasteiger partial charge in [0.15, 0.2) is 0 Å². The lowest BCUT2D eigenvalue weighted by molar-refractivity contribution is 0.197. The van der Waals surface area contributed by atoms with E-state index in [-0.39, 0.29) is 12.6 Å². The summed E-state index contributed by atoms with van der Waals surface area (Å²) in [5, 5.41) is 4.32. The molecule has 1 unspecified atom stereocenters. The van der Waals surface area contributed by atoms with E-state index in [4.69, 9.17) is 9.73 Å². The number of allylic oxidation sites excluding steroid dienone is 1. The van der Waals surface area contributed by atoms with Crippen molar-refractivity contribution >= 4 is 16.9 Å². The molecule has 0 amide bonds. The van der Waals surface area contributed by atoms with Crippen molar-refractivity contribution in [3.63, 3.8) is 0 Å². The summed E-state index contributed by atoms with van der Waals surface area (Å²) < 4.78 is 19.5. The largest absolute Gasteiger partial charge is 0.491 e. The Hall–Kier alpha value is -2.89. The van der Waals surface area contributed by atoms with Crippen LogP contribution in [0.25, 0.3) is 10.9 Å². The van der Waals surface area contributed by atoms with Crippen LogP contribution in [-0.2, 0) is 4.74 Å².